The van der Waals surface area contributed by atoms with Crippen LogP contribution in [0, 0.1) is 19.7 Å². The molecule has 25 heavy (non-hydrogen) atoms. The molecule has 0 aliphatic rings. The summed E-state index contributed by atoms with van der Waals surface area (Å²) in [7, 11) is 1.58. The molecule has 1 N–H and O–H groups in total. The van der Waals surface area contributed by atoms with E-state index in [0.29, 0.717) is 12.0 Å². The molecule has 5 heteroatoms. The Labute approximate surface area is 147 Å². The van der Waals surface area contributed by atoms with Crippen molar-refractivity contribution in [1.29, 1.82) is 0 Å². The van der Waals surface area contributed by atoms with Gasteiger partial charge in [-0.2, -0.15) is 0 Å². The molecule has 2 aromatic rings. The Morgan fingerprint density at radius 1 is 1.08 bits per heavy atom. The molecule has 0 bridgehead atoms. The second-order valence-electron chi connectivity index (χ2n) is 6.14. The van der Waals surface area contributed by atoms with Gasteiger partial charge >= 0.3 is 0 Å². The minimum Gasteiger partial charge on any atom is -0.336 e. The maximum absolute atomic E-state index is 13.6. The van der Waals surface area contributed by atoms with Gasteiger partial charge in [-0.25, -0.2) is 4.39 Å². The van der Waals surface area contributed by atoms with Crippen LogP contribution in [0.1, 0.15) is 23.1 Å². The van der Waals surface area contributed by atoms with Gasteiger partial charge in [0.15, 0.2) is 0 Å². The Hall–Kier alpha value is -2.69. The molecule has 0 aliphatic carbocycles. The van der Waals surface area contributed by atoms with E-state index < -0.39 is 0 Å². The third kappa shape index (κ3) is 5.14. The smallest absolute Gasteiger partial charge is 0.243 e. The highest BCUT2D eigenvalue weighted by molar-refractivity contribution is 5.95. The summed E-state index contributed by atoms with van der Waals surface area (Å²) in [6, 6.07) is 12.1. The van der Waals surface area contributed by atoms with E-state index in [2.05, 4.69) is 5.32 Å². The van der Waals surface area contributed by atoms with Gasteiger partial charge in [0.05, 0.1) is 6.54 Å². The molecular weight excluding hydrogens is 319 g/mol. The molecule has 2 rings (SSSR count). The van der Waals surface area contributed by atoms with E-state index in [1.807, 2.05) is 32.0 Å². The van der Waals surface area contributed by atoms with Crippen molar-refractivity contribution in [3.63, 3.8) is 0 Å². The molecule has 0 radical (unpaired) electrons. The molecule has 4 nitrogen and oxygen atoms in total. The zero-order valence-corrected chi connectivity index (χ0v) is 14.8. The van der Waals surface area contributed by atoms with E-state index in [1.54, 1.807) is 25.2 Å². The summed E-state index contributed by atoms with van der Waals surface area (Å²) >= 11 is 0. The van der Waals surface area contributed by atoms with Crippen molar-refractivity contribution in [3.05, 3.63) is 65.0 Å². The van der Waals surface area contributed by atoms with Crippen molar-refractivity contribution in [3.8, 4) is 0 Å². The topological polar surface area (TPSA) is 49.4 Å². The summed E-state index contributed by atoms with van der Waals surface area (Å²) in [5.74, 6) is -0.763. The van der Waals surface area contributed by atoms with Crippen LogP contribution >= 0.6 is 0 Å². The lowest BCUT2D eigenvalue weighted by Gasteiger charge is -2.18. The van der Waals surface area contributed by atoms with Crippen molar-refractivity contribution >= 4 is 17.5 Å². The predicted octanol–water partition coefficient (Wildman–Crippen LogP) is 3.47. The van der Waals surface area contributed by atoms with E-state index in [0.717, 1.165) is 16.8 Å². The zero-order valence-electron chi connectivity index (χ0n) is 14.8. The SMILES string of the molecule is Cc1cccc(NC(=O)CN(C)C(=O)CCc2ccccc2F)c1C. The highest BCUT2D eigenvalue weighted by Gasteiger charge is 2.14. The van der Waals surface area contributed by atoms with Crippen LogP contribution in [0.2, 0.25) is 0 Å². The summed E-state index contributed by atoms with van der Waals surface area (Å²) < 4.78 is 13.6. The maximum Gasteiger partial charge on any atom is 0.243 e. The van der Waals surface area contributed by atoms with Crippen molar-refractivity contribution in [2.75, 3.05) is 18.9 Å². The van der Waals surface area contributed by atoms with Crippen LogP contribution in [0.25, 0.3) is 0 Å². The molecule has 0 fully saturated rings. The van der Waals surface area contributed by atoms with Crippen LogP contribution in [0.15, 0.2) is 42.5 Å². The number of benzene rings is 2. The van der Waals surface area contributed by atoms with E-state index >= 15 is 0 Å². The largest absolute Gasteiger partial charge is 0.336 e. The monoisotopic (exact) mass is 342 g/mol. The maximum atomic E-state index is 13.6. The first-order chi connectivity index (χ1) is 11.9. The lowest BCUT2D eigenvalue weighted by Crippen LogP contribution is -2.35. The molecule has 0 saturated heterocycles. The van der Waals surface area contributed by atoms with Gasteiger partial charge in [0, 0.05) is 19.2 Å². The highest BCUT2D eigenvalue weighted by atomic mass is 19.1. The molecular formula is C20H23FN2O2. The molecule has 0 unspecified atom stereocenters. The van der Waals surface area contributed by atoms with Gasteiger partial charge in [0.2, 0.25) is 11.8 Å². The number of aryl methyl sites for hydroxylation is 2. The number of amides is 2. The van der Waals surface area contributed by atoms with E-state index in [4.69, 9.17) is 0 Å². The molecule has 0 aliphatic heterocycles. The van der Waals surface area contributed by atoms with Crippen LogP contribution in [-0.2, 0) is 16.0 Å². The number of nitrogens with zero attached hydrogens (tertiary/aromatic N) is 1. The molecule has 0 spiro atoms. The number of hydrogen-bond acceptors (Lipinski definition) is 2. The fourth-order valence-corrected chi connectivity index (χ4v) is 2.51. The van der Waals surface area contributed by atoms with Gasteiger partial charge in [-0.3, -0.25) is 9.59 Å². The van der Waals surface area contributed by atoms with Gasteiger partial charge in [0.25, 0.3) is 0 Å². The first kappa shape index (κ1) is 18.6. The zero-order chi connectivity index (χ0) is 18.4. The Morgan fingerprint density at radius 3 is 2.52 bits per heavy atom. The lowest BCUT2D eigenvalue weighted by atomic mass is 10.1. The minimum absolute atomic E-state index is 0.0382. The van der Waals surface area contributed by atoms with Crippen LogP contribution in [0.5, 0.6) is 0 Å². The van der Waals surface area contributed by atoms with E-state index in [1.165, 1.54) is 11.0 Å². The van der Waals surface area contributed by atoms with Crippen LogP contribution in [0.3, 0.4) is 0 Å². The van der Waals surface area contributed by atoms with Crippen LogP contribution in [0.4, 0.5) is 10.1 Å². The van der Waals surface area contributed by atoms with Crippen molar-refractivity contribution in [1.82, 2.24) is 4.90 Å². The average Bonchev–Trinajstić information content (AvgIpc) is 2.58. The lowest BCUT2D eigenvalue weighted by molar-refractivity contribution is -0.133. The second kappa shape index (κ2) is 8.42. The number of anilines is 1. The first-order valence-corrected chi connectivity index (χ1v) is 8.22. The van der Waals surface area contributed by atoms with E-state index in [-0.39, 0.29) is 30.6 Å². The number of carbonyl (C=O) groups is 2. The number of likely N-dealkylation sites (N-methyl/N-ethyl adjacent to an activating group) is 1. The number of carbonyl (C=O) groups excluding carboxylic acids is 2. The molecule has 0 heterocycles. The van der Waals surface area contributed by atoms with Gasteiger partial charge in [-0.05, 0) is 49.1 Å². The standard InChI is InChI=1S/C20H23FN2O2/c1-14-7-6-10-18(15(14)2)22-19(24)13-23(3)20(25)12-11-16-8-4-5-9-17(16)21/h4-10H,11-13H2,1-3H3,(H,22,24). The van der Waals surface area contributed by atoms with Crippen molar-refractivity contribution in [2.45, 2.75) is 26.7 Å². The third-order valence-corrected chi connectivity index (χ3v) is 4.25. The van der Waals surface area contributed by atoms with Crippen molar-refractivity contribution in [2.24, 2.45) is 0 Å². The number of nitrogens with one attached hydrogen (secondary N) is 1. The molecule has 132 valence electrons. The van der Waals surface area contributed by atoms with Gasteiger partial charge < -0.3 is 10.2 Å². The van der Waals surface area contributed by atoms with Crippen molar-refractivity contribution < 1.29 is 14.0 Å². The predicted molar refractivity (Wildman–Crippen MR) is 96.9 cm³/mol. The Morgan fingerprint density at radius 2 is 1.80 bits per heavy atom. The quantitative estimate of drug-likeness (QED) is 0.874. The summed E-state index contributed by atoms with van der Waals surface area (Å²) in [6.45, 7) is 3.88. The third-order valence-electron chi connectivity index (χ3n) is 4.25. The molecule has 2 aromatic carbocycles. The fourth-order valence-electron chi connectivity index (χ4n) is 2.51. The summed E-state index contributed by atoms with van der Waals surface area (Å²) in [4.78, 5) is 25.7. The van der Waals surface area contributed by atoms with Crippen LogP contribution < -0.4 is 5.32 Å². The normalized spacial score (nSPS) is 10.4. The second-order valence-corrected chi connectivity index (χ2v) is 6.14. The molecule has 2 amide bonds. The fraction of sp³-hybridized carbons (Fsp3) is 0.300. The first-order valence-electron chi connectivity index (χ1n) is 8.22. The van der Waals surface area contributed by atoms with Gasteiger partial charge in [0.1, 0.15) is 5.82 Å². The molecule has 0 aromatic heterocycles. The summed E-state index contributed by atoms with van der Waals surface area (Å²) in [6.07, 6.45) is 0.475. The van der Waals surface area contributed by atoms with Crippen LogP contribution in [-0.4, -0.2) is 30.3 Å². The Bertz CT molecular complexity index is 774. The highest BCUT2D eigenvalue weighted by Crippen LogP contribution is 2.17. The molecule has 0 atom stereocenters. The summed E-state index contributed by atoms with van der Waals surface area (Å²) in [5, 5.41) is 2.83. The number of halogens is 1. The Kier molecular flexibility index (Phi) is 6.28. The van der Waals surface area contributed by atoms with Gasteiger partial charge in [-0.1, -0.05) is 30.3 Å². The molecule has 0 saturated carbocycles. The number of hydrogen-bond donors (Lipinski definition) is 1. The minimum atomic E-state index is -0.314. The Balaban J connectivity index is 1.87. The van der Waals surface area contributed by atoms with E-state index in [9.17, 15) is 14.0 Å². The number of rotatable bonds is 6. The average molecular weight is 342 g/mol. The van der Waals surface area contributed by atoms with Gasteiger partial charge in [-0.15, -0.1) is 0 Å². The summed E-state index contributed by atoms with van der Waals surface area (Å²) in [5.41, 5.74) is 3.35.